The molecule has 0 fully saturated rings. The molecule has 1 rings (SSSR count). The van der Waals surface area contributed by atoms with Crippen LogP contribution < -0.4 is 5.32 Å². The molecule has 5 nitrogen and oxygen atoms in total. The third-order valence-electron chi connectivity index (χ3n) is 3.82. The van der Waals surface area contributed by atoms with Crippen LogP contribution in [-0.4, -0.2) is 28.1 Å². The smallest absolute Gasteiger partial charge is 0.326 e. The molecule has 0 aliphatic rings. The van der Waals surface area contributed by atoms with Crippen molar-refractivity contribution in [3.63, 3.8) is 0 Å². The normalized spacial score (nSPS) is 13.3. The monoisotopic (exact) mass is 321 g/mol. The largest absolute Gasteiger partial charge is 0.480 e. The zero-order chi connectivity index (χ0) is 17.1. The van der Waals surface area contributed by atoms with E-state index >= 15 is 0 Å². The van der Waals surface area contributed by atoms with Crippen LogP contribution >= 0.6 is 0 Å². The molecular formula is C18H27NO4. The average Bonchev–Trinajstić information content (AvgIpc) is 2.56. The number of nitrogens with one attached hydrogen (secondary N) is 1. The van der Waals surface area contributed by atoms with Gasteiger partial charge in [-0.25, -0.2) is 4.79 Å². The Morgan fingerprint density at radius 2 is 1.65 bits per heavy atom. The molecule has 0 bridgehead atoms. The fourth-order valence-corrected chi connectivity index (χ4v) is 2.42. The van der Waals surface area contributed by atoms with Crippen LogP contribution in [0, 0.1) is 0 Å². The van der Waals surface area contributed by atoms with Crippen molar-refractivity contribution in [3.05, 3.63) is 35.9 Å². The van der Waals surface area contributed by atoms with Crippen LogP contribution in [0.15, 0.2) is 30.3 Å². The Kier molecular flexibility index (Phi) is 8.98. The minimum absolute atomic E-state index is 0.384. The van der Waals surface area contributed by atoms with Gasteiger partial charge in [0.05, 0.1) is 0 Å². The summed E-state index contributed by atoms with van der Waals surface area (Å²) in [6.07, 6.45) is 5.36. The maximum absolute atomic E-state index is 12.0. The predicted molar refractivity (Wildman–Crippen MR) is 89.0 cm³/mol. The number of hydrogen-bond acceptors (Lipinski definition) is 3. The van der Waals surface area contributed by atoms with Gasteiger partial charge in [0.15, 0.2) is 6.10 Å². The number of benzene rings is 1. The van der Waals surface area contributed by atoms with E-state index in [0.717, 1.165) is 25.7 Å². The van der Waals surface area contributed by atoms with Crippen molar-refractivity contribution in [2.45, 2.75) is 64.0 Å². The van der Waals surface area contributed by atoms with Gasteiger partial charge in [0.1, 0.15) is 6.04 Å². The Bertz CT molecular complexity index is 475. The van der Waals surface area contributed by atoms with Crippen molar-refractivity contribution in [2.75, 3.05) is 0 Å². The molecule has 1 aromatic carbocycles. The molecule has 0 saturated carbocycles. The van der Waals surface area contributed by atoms with E-state index < -0.39 is 24.0 Å². The lowest BCUT2D eigenvalue weighted by Gasteiger charge is -2.17. The number of aliphatic carboxylic acids is 1. The van der Waals surface area contributed by atoms with Gasteiger partial charge >= 0.3 is 5.97 Å². The van der Waals surface area contributed by atoms with Gasteiger partial charge in [0.2, 0.25) is 0 Å². The zero-order valence-corrected chi connectivity index (χ0v) is 13.7. The van der Waals surface area contributed by atoms with Crippen molar-refractivity contribution in [1.29, 1.82) is 0 Å². The quantitative estimate of drug-likeness (QED) is 0.547. The second-order valence-electron chi connectivity index (χ2n) is 5.77. The molecule has 0 radical (unpaired) electrons. The van der Waals surface area contributed by atoms with E-state index in [9.17, 15) is 19.8 Å². The van der Waals surface area contributed by atoms with Crippen molar-refractivity contribution in [1.82, 2.24) is 5.32 Å². The minimum atomic E-state index is -1.34. The van der Waals surface area contributed by atoms with Crippen LogP contribution in [0.3, 0.4) is 0 Å². The summed E-state index contributed by atoms with van der Waals surface area (Å²) in [4.78, 5) is 23.3. The third kappa shape index (κ3) is 7.28. The summed E-state index contributed by atoms with van der Waals surface area (Å²) in [5, 5.41) is 21.6. The summed E-state index contributed by atoms with van der Waals surface area (Å²) < 4.78 is 0. The fourth-order valence-electron chi connectivity index (χ4n) is 2.42. The SMILES string of the molecule is CCCCCCCC[C@H](NC(=O)[C@@H](O)c1ccccc1)C(=O)O. The number of carboxylic acid groups (broad SMARTS) is 1. The first-order valence-corrected chi connectivity index (χ1v) is 8.32. The Hall–Kier alpha value is -1.88. The highest BCUT2D eigenvalue weighted by molar-refractivity contribution is 5.86. The van der Waals surface area contributed by atoms with E-state index in [1.54, 1.807) is 30.3 Å². The molecule has 0 unspecified atom stereocenters. The number of aliphatic hydroxyl groups excluding tert-OH is 1. The van der Waals surface area contributed by atoms with Gasteiger partial charge in [-0.2, -0.15) is 0 Å². The van der Waals surface area contributed by atoms with Crippen LogP contribution in [-0.2, 0) is 9.59 Å². The van der Waals surface area contributed by atoms with Gasteiger partial charge in [-0.1, -0.05) is 75.8 Å². The predicted octanol–water partition coefficient (Wildman–Crippen LogP) is 3.04. The van der Waals surface area contributed by atoms with Crippen molar-refractivity contribution in [3.8, 4) is 0 Å². The first-order chi connectivity index (χ1) is 11.1. The second kappa shape index (κ2) is 10.8. The van der Waals surface area contributed by atoms with Crippen molar-refractivity contribution >= 4 is 11.9 Å². The molecule has 0 aliphatic carbocycles. The van der Waals surface area contributed by atoms with E-state index in [1.807, 2.05) is 0 Å². The van der Waals surface area contributed by atoms with Crippen LogP contribution in [0.4, 0.5) is 0 Å². The van der Waals surface area contributed by atoms with Crippen LogP contribution in [0.2, 0.25) is 0 Å². The molecule has 3 N–H and O–H groups in total. The molecule has 0 aliphatic heterocycles. The van der Waals surface area contributed by atoms with Crippen LogP contribution in [0.5, 0.6) is 0 Å². The molecule has 0 heterocycles. The van der Waals surface area contributed by atoms with Gasteiger partial charge in [0.25, 0.3) is 5.91 Å². The molecule has 128 valence electrons. The lowest BCUT2D eigenvalue weighted by molar-refractivity contribution is -0.143. The maximum Gasteiger partial charge on any atom is 0.326 e. The number of rotatable bonds is 11. The Labute approximate surface area is 137 Å². The lowest BCUT2D eigenvalue weighted by Crippen LogP contribution is -2.43. The first kappa shape index (κ1) is 19.2. The van der Waals surface area contributed by atoms with E-state index in [0.29, 0.717) is 12.0 Å². The summed E-state index contributed by atoms with van der Waals surface area (Å²) in [7, 11) is 0. The van der Waals surface area contributed by atoms with E-state index in [2.05, 4.69) is 12.2 Å². The van der Waals surface area contributed by atoms with E-state index in [1.165, 1.54) is 12.8 Å². The summed E-state index contributed by atoms with van der Waals surface area (Å²) in [6, 6.07) is 7.54. The number of carbonyl (C=O) groups excluding carboxylic acids is 1. The number of carboxylic acids is 1. The highest BCUT2D eigenvalue weighted by Gasteiger charge is 2.24. The van der Waals surface area contributed by atoms with Crippen LogP contribution in [0.1, 0.15) is 63.5 Å². The van der Waals surface area contributed by atoms with E-state index in [-0.39, 0.29) is 0 Å². The first-order valence-electron chi connectivity index (χ1n) is 8.32. The fraction of sp³-hybridized carbons (Fsp3) is 0.556. The second-order valence-corrected chi connectivity index (χ2v) is 5.77. The number of amides is 1. The molecule has 0 spiro atoms. The molecule has 2 atom stereocenters. The van der Waals surface area contributed by atoms with Crippen LogP contribution in [0.25, 0.3) is 0 Å². The summed E-state index contributed by atoms with van der Waals surface area (Å²) >= 11 is 0. The Morgan fingerprint density at radius 3 is 2.26 bits per heavy atom. The Balaban J connectivity index is 2.42. The minimum Gasteiger partial charge on any atom is -0.480 e. The number of hydrogen-bond donors (Lipinski definition) is 3. The van der Waals surface area contributed by atoms with Crippen molar-refractivity contribution < 1.29 is 19.8 Å². The molecule has 1 aromatic rings. The van der Waals surface area contributed by atoms with Gasteiger partial charge in [0, 0.05) is 0 Å². The van der Waals surface area contributed by atoms with E-state index in [4.69, 9.17) is 0 Å². The zero-order valence-electron chi connectivity index (χ0n) is 13.7. The topological polar surface area (TPSA) is 86.6 Å². The van der Waals surface area contributed by atoms with Gasteiger partial charge in [-0.15, -0.1) is 0 Å². The van der Waals surface area contributed by atoms with Gasteiger partial charge in [-0.3, -0.25) is 4.79 Å². The number of carbonyl (C=O) groups is 2. The summed E-state index contributed by atoms with van der Waals surface area (Å²) in [6.45, 7) is 2.15. The molecule has 5 heteroatoms. The summed E-state index contributed by atoms with van der Waals surface area (Å²) in [5.41, 5.74) is 0.453. The highest BCUT2D eigenvalue weighted by atomic mass is 16.4. The molecular weight excluding hydrogens is 294 g/mol. The van der Waals surface area contributed by atoms with Gasteiger partial charge < -0.3 is 15.5 Å². The average molecular weight is 321 g/mol. The van der Waals surface area contributed by atoms with Crippen molar-refractivity contribution in [2.24, 2.45) is 0 Å². The molecule has 0 aromatic heterocycles. The molecule has 0 saturated heterocycles. The number of aliphatic hydroxyl groups is 1. The highest BCUT2D eigenvalue weighted by Crippen LogP contribution is 2.14. The third-order valence-corrected chi connectivity index (χ3v) is 3.82. The summed E-state index contributed by atoms with van der Waals surface area (Å²) in [5.74, 6) is -1.73. The number of unbranched alkanes of at least 4 members (excludes halogenated alkanes) is 5. The maximum atomic E-state index is 12.0. The molecule has 23 heavy (non-hydrogen) atoms. The Morgan fingerprint density at radius 1 is 1.04 bits per heavy atom. The standard InChI is InChI=1S/C18H27NO4/c1-2-3-4-5-6-10-13-15(18(22)23)19-17(21)16(20)14-11-8-7-9-12-14/h7-9,11-12,15-16,20H,2-6,10,13H2,1H3,(H,19,21)(H,22,23)/t15-,16-/m0/s1. The lowest BCUT2D eigenvalue weighted by atomic mass is 10.0. The molecule has 1 amide bonds. The van der Waals surface area contributed by atoms with Gasteiger partial charge in [-0.05, 0) is 12.0 Å².